The molecule has 4 saturated carbocycles. The Hall–Kier alpha value is -0.870. The van der Waals surface area contributed by atoms with Crippen LogP contribution in [0.4, 0.5) is 0 Å². The van der Waals surface area contributed by atoms with Gasteiger partial charge < -0.3 is 10.1 Å². The van der Waals surface area contributed by atoms with Gasteiger partial charge >= 0.3 is 0 Å². The Labute approximate surface area is 152 Å². The highest BCUT2D eigenvalue weighted by Gasteiger charge is 2.59. The Bertz CT molecular complexity index is 630. The van der Waals surface area contributed by atoms with E-state index in [0.29, 0.717) is 13.2 Å². The number of rotatable bonds is 5. The molecule has 1 amide bonds. The predicted octanol–water partition coefficient (Wildman–Crippen LogP) is 4.18. The lowest BCUT2D eigenvalue weighted by Gasteiger charge is -2.59. The molecule has 130 valence electrons. The molecule has 4 heteroatoms. The second kappa shape index (κ2) is 6.14. The van der Waals surface area contributed by atoms with Gasteiger partial charge in [-0.05, 0) is 61.5 Å². The number of benzene rings is 1. The van der Waals surface area contributed by atoms with E-state index in [2.05, 4.69) is 39.4 Å². The van der Waals surface area contributed by atoms with Gasteiger partial charge in [0.25, 0.3) is 0 Å². The number of carbonyl (C=O) groups excluding carboxylic acids is 1. The van der Waals surface area contributed by atoms with Crippen molar-refractivity contribution < 1.29 is 9.53 Å². The molecule has 1 aromatic carbocycles. The molecule has 0 aromatic heterocycles. The van der Waals surface area contributed by atoms with E-state index >= 15 is 0 Å². The quantitative estimate of drug-likeness (QED) is 0.764. The van der Waals surface area contributed by atoms with Crippen LogP contribution in [0.1, 0.15) is 49.7 Å². The number of amides is 1. The van der Waals surface area contributed by atoms with Crippen LogP contribution in [0.5, 0.6) is 0 Å². The number of hydrogen-bond donors (Lipinski definition) is 1. The minimum atomic E-state index is -0.127. The summed E-state index contributed by atoms with van der Waals surface area (Å²) in [7, 11) is 1.71. The highest BCUT2D eigenvalue weighted by Crippen LogP contribution is 2.64. The van der Waals surface area contributed by atoms with E-state index in [1.807, 2.05) is 6.07 Å². The number of alkyl halides is 1. The lowest BCUT2D eigenvalue weighted by atomic mass is 9.49. The third kappa shape index (κ3) is 3.03. The monoisotopic (exact) mass is 391 g/mol. The molecule has 1 N–H and O–H groups in total. The van der Waals surface area contributed by atoms with Crippen LogP contribution in [0.15, 0.2) is 24.3 Å². The van der Waals surface area contributed by atoms with Crippen molar-refractivity contribution in [2.45, 2.75) is 56.0 Å². The molecule has 4 bridgehead atoms. The second-order valence-electron chi connectivity index (χ2n) is 8.33. The third-order valence-corrected chi connectivity index (χ3v) is 7.15. The third-order valence-electron chi connectivity index (χ3n) is 6.23. The molecule has 0 radical (unpaired) electrons. The maximum atomic E-state index is 13.1. The Kier molecular flexibility index (Phi) is 4.24. The topological polar surface area (TPSA) is 38.3 Å². The van der Waals surface area contributed by atoms with Crippen molar-refractivity contribution in [2.24, 2.45) is 17.3 Å². The smallest absolute Gasteiger partial charge is 0.226 e. The molecule has 0 heterocycles. The predicted molar refractivity (Wildman–Crippen MR) is 97.8 cm³/mol. The second-order valence-corrected chi connectivity index (χ2v) is 10.0. The zero-order valence-corrected chi connectivity index (χ0v) is 15.9. The van der Waals surface area contributed by atoms with E-state index < -0.39 is 0 Å². The summed E-state index contributed by atoms with van der Waals surface area (Å²) in [5.74, 6) is 1.75. The summed E-state index contributed by atoms with van der Waals surface area (Å²) >= 11 is 3.99. The molecule has 0 saturated heterocycles. The fourth-order valence-corrected chi connectivity index (χ4v) is 7.23. The van der Waals surface area contributed by atoms with E-state index in [1.54, 1.807) is 7.11 Å². The minimum Gasteiger partial charge on any atom is -0.380 e. The summed E-state index contributed by atoms with van der Waals surface area (Å²) in [4.78, 5) is 13.1. The van der Waals surface area contributed by atoms with Gasteiger partial charge in [-0.15, -0.1) is 0 Å². The maximum absolute atomic E-state index is 13.1. The Morgan fingerprint density at radius 3 is 2.62 bits per heavy atom. The zero-order valence-electron chi connectivity index (χ0n) is 14.3. The first-order chi connectivity index (χ1) is 11.5. The number of methoxy groups -OCH3 is 1. The largest absolute Gasteiger partial charge is 0.380 e. The van der Waals surface area contributed by atoms with Crippen LogP contribution >= 0.6 is 15.9 Å². The molecule has 4 aliphatic carbocycles. The molecule has 3 nitrogen and oxygen atoms in total. The van der Waals surface area contributed by atoms with E-state index in [4.69, 9.17) is 4.74 Å². The molecule has 0 aliphatic heterocycles. The molecule has 1 aromatic rings. The number of carbonyl (C=O) groups is 1. The number of hydrogen-bond acceptors (Lipinski definition) is 2. The first-order valence-electron chi connectivity index (χ1n) is 9.04. The van der Waals surface area contributed by atoms with Crippen LogP contribution < -0.4 is 5.32 Å². The van der Waals surface area contributed by atoms with Gasteiger partial charge in [-0.25, -0.2) is 0 Å². The van der Waals surface area contributed by atoms with Crippen molar-refractivity contribution in [3.05, 3.63) is 35.4 Å². The molecular weight excluding hydrogens is 366 g/mol. The number of ether oxygens (including phenoxy) is 1. The van der Waals surface area contributed by atoms with Gasteiger partial charge in [-0.3, -0.25) is 4.79 Å². The van der Waals surface area contributed by atoms with Gasteiger partial charge in [0.15, 0.2) is 0 Å². The molecule has 5 rings (SSSR count). The van der Waals surface area contributed by atoms with Crippen LogP contribution in [0.2, 0.25) is 0 Å². The molecule has 2 atom stereocenters. The fraction of sp³-hybridized carbons (Fsp3) is 0.650. The summed E-state index contributed by atoms with van der Waals surface area (Å²) < 4.78 is 5.42. The van der Waals surface area contributed by atoms with Crippen molar-refractivity contribution >= 4 is 21.8 Å². The SMILES string of the molecule is COCc1cccc(CNC(=O)C23CC4CC(CC(Br)(C4)C2)C3)c1. The zero-order chi connectivity index (χ0) is 16.8. The highest BCUT2D eigenvalue weighted by molar-refractivity contribution is 9.10. The normalized spacial score (nSPS) is 36.8. The van der Waals surface area contributed by atoms with Crippen LogP contribution in [-0.2, 0) is 22.7 Å². The number of halogens is 1. The molecule has 0 spiro atoms. The Morgan fingerprint density at radius 1 is 1.25 bits per heavy atom. The van der Waals surface area contributed by atoms with Crippen molar-refractivity contribution in [1.29, 1.82) is 0 Å². The van der Waals surface area contributed by atoms with Crippen molar-refractivity contribution in [3.8, 4) is 0 Å². The average Bonchev–Trinajstić information content (AvgIpc) is 2.51. The summed E-state index contributed by atoms with van der Waals surface area (Å²) in [5, 5.41) is 3.24. The van der Waals surface area contributed by atoms with Crippen molar-refractivity contribution in [2.75, 3.05) is 7.11 Å². The van der Waals surface area contributed by atoms with E-state index in [1.165, 1.54) is 19.3 Å². The first kappa shape index (κ1) is 16.6. The molecule has 2 unspecified atom stereocenters. The lowest BCUT2D eigenvalue weighted by Crippen LogP contribution is -2.58. The van der Waals surface area contributed by atoms with Gasteiger partial charge in [-0.2, -0.15) is 0 Å². The van der Waals surface area contributed by atoms with Crippen LogP contribution in [-0.4, -0.2) is 17.3 Å². The van der Waals surface area contributed by atoms with E-state index in [9.17, 15) is 4.79 Å². The molecule has 4 fully saturated rings. The Morgan fingerprint density at radius 2 is 1.96 bits per heavy atom. The van der Waals surface area contributed by atoms with Gasteiger partial charge in [-0.1, -0.05) is 40.2 Å². The van der Waals surface area contributed by atoms with Gasteiger partial charge in [0.1, 0.15) is 0 Å². The summed E-state index contributed by atoms with van der Waals surface area (Å²) in [6.07, 6.45) is 7.05. The standard InChI is InChI=1S/C20H26BrNO2/c1-24-12-15-4-2-3-14(5-15)11-22-18(23)19-7-16-6-17(8-19)10-20(21,9-16)13-19/h2-5,16-17H,6-13H2,1H3,(H,22,23). The van der Waals surface area contributed by atoms with Crippen molar-refractivity contribution in [1.82, 2.24) is 5.32 Å². The van der Waals surface area contributed by atoms with Crippen LogP contribution in [0.3, 0.4) is 0 Å². The van der Waals surface area contributed by atoms with Gasteiger partial charge in [0.05, 0.1) is 12.0 Å². The van der Waals surface area contributed by atoms with Crippen LogP contribution in [0, 0.1) is 17.3 Å². The minimum absolute atomic E-state index is 0.127. The van der Waals surface area contributed by atoms with E-state index in [0.717, 1.165) is 42.2 Å². The fourth-order valence-electron chi connectivity index (χ4n) is 5.78. The molecule has 4 aliphatic rings. The number of nitrogens with one attached hydrogen (secondary N) is 1. The lowest BCUT2D eigenvalue weighted by molar-refractivity contribution is -0.144. The Balaban J connectivity index is 1.44. The first-order valence-corrected chi connectivity index (χ1v) is 9.84. The average molecular weight is 392 g/mol. The highest BCUT2D eigenvalue weighted by atomic mass is 79.9. The van der Waals surface area contributed by atoms with Gasteiger partial charge in [0, 0.05) is 18.0 Å². The van der Waals surface area contributed by atoms with Gasteiger partial charge in [0.2, 0.25) is 5.91 Å². The van der Waals surface area contributed by atoms with Crippen LogP contribution in [0.25, 0.3) is 0 Å². The summed E-state index contributed by atoms with van der Waals surface area (Å²) in [6, 6.07) is 8.29. The molecule has 24 heavy (non-hydrogen) atoms. The maximum Gasteiger partial charge on any atom is 0.226 e. The summed E-state index contributed by atoms with van der Waals surface area (Å²) in [5.41, 5.74) is 2.17. The van der Waals surface area contributed by atoms with Crippen molar-refractivity contribution in [3.63, 3.8) is 0 Å². The van der Waals surface area contributed by atoms with E-state index in [-0.39, 0.29) is 15.6 Å². The summed E-state index contributed by atoms with van der Waals surface area (Å²) in [6.45, 7) is 1.23. The molecular formula is C20H26BrNO2.